The predicted molar refractivity (Wildman–Crippen MR) is 190 cm³/mol. The first kappa shape index (κ1) is 31.9. The fourth-order valence-corrected chi connectivity index (χ4v) is 5.53. The Labute approximate surface area is 295 Å². The zero-order valence-corrected chi connectivity index (χ0v) is 27.3. The number of aromatic amines is 2. The van der Waals surface area contributed by atoms with Crippen LogP contribution in [0.4, 0.5) is 11.9 Å². The molecule has 0 radical (unpaired) electrons. The Balaban J connectivity index is 0.842. The fourth-order valence-electron chi connectivity index (χ4n) is 5.53. The molecular weight excluding hydrogens is 662 g/mol. The van der Waals surface area contributed by atoms with E-state index in [1.54, 1.807) is 35.4 Å². The summed E-state index contributed by atoms with van der Waals surface area (Å²) in [6.07, 6.45) is 7.66. The van der Waals surface area contributed by atoms with Crippen LogP contribution in [0.3, 0.4) is 0 Å². The van der Waals surface area contributed by atoms with Crippen LogP contribution in [0, 0.1) is 0 Å². The van der Waals surface area contributed by atoms with E-state index < -0.39 is 12.0 Å². The number of pyridine rings is 2. The van der Waals surface area contributed by atoms with Crippen LogP contribution in [0.25, 0.3) is 39.9 Å². The number of rotatable bonds is 11. The molecule has 8 rings (SSSR count). The maximum absolute atomic E-state index is 12.9. The highest BCUT2D eigenvalue weighted by Gasteiger charge is 2.28. The molecule has 52 heavy (non-hydrogen) atoms. The van der Waals surface area contributed by atoms with Crippen molar-refractivity contribution in [3.05, 3.63) is 121 Å². The highest BCUT2D eigenvalue weighted by atomic mass is 16.6. The summed E-state index contributed by atoms with van der Waals surface area (Å²) in [4.78, 5) is 45.9. The molecule has 16 heteroatoms. The van der Waals surface area contributed by atoms with Crippen LogP contribution in [-0.2, 0) is 20.8 Å². The van der Waals surface area contributed by atoms with Crippen molar-refractivity contribution >= 4 is 29.4 Å². The maximum Gasteiger partial charge on any atom is 0.275 e. The molecule has 4 N–H and O–H groups in total. The fraction of sp³-hybridized carbons (Fsp3) is 0.111. The van der Waals surface area contributed by atoms with Gasteiger partial charge in [-0.15, -0.1) is 20.4 Å². The molecule has 1 aliphatic rings. The molecule has 5 aromatic heterocycles. The number of benzene rings is 2. The van der Waals surface area contributed by atoms with E-state index in [4.69, 9.17) is 4.84 Å². The third kappa shape index (κ3) is 7.16. The molecule has 1 unspecified atom stereocenters. The summed E-state index contributed by atoms with van der Waals surface area (Å²) in [5, 5.41) is 30.1. The average molecular weight is 692 g/mol. The van der Waals surface area contributed by atoms with Gasteiger partial charge in [-0.25, -0.2) is 4.68 Å². The number of oxime groups is 1. The van der Waals surface area contributed by atoms with Crippen molar-refractivity contribution < 1.29 is 14.4 Å². The van der Waals surface area contributed by atoms with Crippen molar-refractivity contribution in [2.24, 2.45) is 5.16 Å². The number of aromatic nitrogens is 10. The molecule has 0 fully saturated rings. The molecule has 0 saturated carbocycles. The van der Waals surface area contributed by atoms with Crippen molar-refractivity contribution in [3.63, 3.8) is 0 Å². The van der Waals surface area contributed by atoms with E-state index >= 15 is 0 Å². The highest BCUT2D eigenvalue weighted by molar-refractivity contribution is 6.43. The van der Waals surface area contributed by atoms with Crippen LogP contribution in [0.1, 0.15) is 30.1 Å². The number of nitrogens with one attached hydrogen (secondary N) is 4. The summed E-state index contributed by atoms with van der Waals surface area (Å²) in [5.41, 5.74) is 5.91. The summed E-state index contributed by atoms with van der Waals surface area (Å²) in [6, 6.07) is 26.7. The van der Waals surface area contributed by atoms with E-state index in [1.807, 2.05) is 79.0 Å². The second kappa shape index (κ2) is 14.2. The van der Waals surface area contributed by atoms with Crippen molar-refractivity contribution in [2.75, 3.05) is 10.6 Å². The van der Waals surface area contributed by atoms with E-state index in [2.05, 4.69) is 61.2 Å². The van der Waals surface area contributed by atoms with Gasteiger partial charge in [-0.3, -0.25) is 30.2 Å². The van der Waals surface area contributed by atoms with Gasteiger partial charge in [-0.1, -0.05) is 53.7 Å². The number of carbonyl (C=O) groups excluding carboxylic acids is 2. The van der Waals surface area contributed by atoms with Crippen LogP contribution >= 0.6 is 0 Å². The van der Waals surface area contributed by atoms with Gasteiger partial charge in [0.15, 0.2) is 17.8 Å². The van der Waals surface area contributed by atoms with Crippen molar-refractivity contribution in [2.45, 2.75) is 25.4 Å². The number of amides is 2. The number of H-pyrrole nitrogens is 2. The Hall–Kier alpha value is -7.36. The van der Waals surface area contributed by atoms with E-state index in [0.29, 0.717) is 29.5 Å². The number of anilines is 2. The molecule has 7 aromatic rings. The van der Waals surface area contributed by atoms with Gasteiger partial charge in [0.05, 0.1) is 11.9 Å². The van der Waals surface area contributed by atoms with Gasteiger partial charge in [0.25, 0.3) is 5.91 Å². The molecule has 2 amide bonds. The maximum atomic E-state index is 12.9. The Bertz CT molecular complexity index is 2370. The minimum atomic E-state index is -0.443. The zero-order chi connectivity index (χ0) is 35.3. The summed E-state index contributed by atoms with van der Waals surface area (Å²) >= 11 is 0. The quantitative estimate of drug-likeness (QED) is 0.144. The van der Waals surface area contributed by atoms with Gasteiger partial charge in [-0.05, 0) is 59.5 Å². The molecule has 0 saturated heterocycles. The van der Waals surface area contributed by atoms with Crippen LogP contribution in [0.15, 0.2) is 115 Å². The van der Waals surface area contributed by atoms with Crippen molar-refractivity contribution in [1.82, 2.24) is 50.1 Å². The molecule has 0 aliphatic carbocycles. The summed E-state index contributed by atoms with van der Waals surface area (Å²) in [7, 11) is 0. The largest absolute Gasteiger partial charge is 0.387 e. The first-order chi connectivity index (χ1) is 25.5. The van der Waals surface area contributed by atoms with E-state index in [9.17, 15) is 9.59 Å². The van der Waals surface area contributed by atoms with Crippen molar-refractivity contribution in [1.29, 1.82) is 0 Å². The van der Waals surface area contributed by atoms with Gasteiger partial charge in [0, 0.05) is 37.0 Å². The summed E-state index contributed by atoms with van der Waals surface area (Å²) in [6.45, 7) is 0. The van der Waals surface area contributed by atoms with E-state index in [1.165, 1.54) is 0 Å². The SMILES string of the molecule is O=C(CCc1cnn(-c2ccccc2)c1)Nc1nnc(-c2ccc(-c3cccc(C4CC(C(=O)Nc5nnc(-c6ccccn6)[nH]5)=NO4)c3)cn2)[nH]1. The third-order valence-electron chi connectivity index (χ3n) is 8.20. The second-order valence-corrected chi connectivity index (χ2v) is 11.8. The Morgan fingerprint density at radius 1 is 0.788 bits per heavy atom. The molecule has 256 valence electrons. The lowest BCUT2D eigenvalue weighted by Gasteiger charge is -2.10. The number of carbonyl (C=O) groups is 2. The number of para-hydroxylation sites is 1. The first-order valence-corrected chi connectivity index (χ1v) is 16.3. The van der Waals surface area contributed by atoms with E-state index in [-0.39, 0.29) is 36.4 Å². The van der Waals surface area contributed by atoms with E-state index in [0.717, 1.165) is 27.9 Å². The first-order valence-electron chi connectivity index (χ1n) is 16.3. The third-order valence-corrected chi connectivity index (χ3v) is 8.20. The molecule has 16 nitrogen and oxygen atoms in total. The Kier molecular flexibility index (Phi) is 8.73. The van der Waals surface area contributed by atoms with Crippen LogP contribution in [-0.4, -0.2) is 67.6 Å². The van der Waals surface area contributed by atoms with Crippen LogP contribution in [0.5, 0.6) is 0 Å². The standard InChI is InChI=1S/C36H29N13O3/c50-31(15-12-22-19-39-49(21-22)26-9-2-1-3-10-26)40-35-41-33(45-46-35)28-14-13-25(20-38-28)23-7-6-8-24(17-23)30-18-29(48-52-30)34(51)43-36-42-32(44-47-36)27-11-4-5-16-37-27/h1-11,13-14,16-17,19-21,30H,12,15,18H2,(H2,40,41,45,46,50)(H2,42,43,44,47,51). The molecule has 1 aliphatic heterocycles. The van der Waals surface area contributed by atoms with Gasteiger partial charge in [-0.2, -0.15) is 5.10 Å². The number of hydrogen-bond acceptors (Lipinski definition) is 11. The summed E-state index contributed by atoms with van der Waals surface area (Å²) in [5.74, 6) is 0.627. The number of hydrogen-bond donors (Lipinski definition) is 4. The van der Waals surface area contributed by atoms with Gasteiger partial charge >= 0.3 is 0 Å². The molecule has 0 bridgehead atoms. The van der Waals surface area contributed by atoms with Gasteiger partial charge < -0.3 is 14.8 Å². The smallest absolute Gasteiger partial charge is 0.275 e. The minimum absolute atomic E-state index is 0.181. The van der Waals surface area contributed by atoms with Crippen molar-refractivity contribution in [3.8, 4) is 39.9 Å². The lowest BCUT2D eigenvalue weighted by atomic mass is 9.99. The normalized spacial score (nSPS) is 13.7. The van der Waals surface area contributed by atoms with Crippen LogP contribution in [0.2, 0.25) is 0 Å². The number of aryl methyl sites for hydroxylation is 1. The number of nitrogens with zero attached hydrogens (tertiary/aromatic N) is 9. The molecule has 0 spiro atoms. The van der Waals surface area contributed by atoms with Gasteiger partial charge in [0.2, 0.25) is 17.8 Å². The van der Waals surface area contributed by atoms with Gasteiger partial charge in [0.1, 0.15) is 17.1 Å². The molecule has 1 atom stereocenters. The zero-order valence-electron chi connectivity index (χ0n) is 27.3. The Morgan fingerprint density at radius 3 is 2.35 bits per heavy atom. The molecule has 2 aromatic carbocycles. The Morgan fingerprint density at radius 2 is 1.58 bits per heavy atom. The predicted octanol–water partition coefficient (Wildman–Crippen LogP) is 4.93. The monoisotopic (exact) mass is 691 g/mol. The minimum Gasteiger partial charge on any atom is -0.387 e. The summed E-state index contributed by atoms with van der Waals surface area (Å²) < 4.78 is 1.78. The molecular formula is C36H29N13O3. The topological polar surface area (TPSA) is 207 Å². The average Bonchev–Trinajstić information content (AvgIpc) is 4.03. The lowest BCUT2D eigenvalue weighted by molar-refractivity contribution is -0.116. The molecule has 6 heterocycles. The highest BCUT2D eigenvalue weighted by Crippen LogP contribution is 2.31. The van der Waals surface area contributed by atoms with Crippen LogP contribution < -0.4 is 10.6 Å². The second-order valence-electron chi connectivity index (χ2n) is 11.8. The lowest BCUT2D eigenvalue weighted by Crippen LogP contribution is -2.22.